The van der Waals surface area contributed by atoms with Gasteiger partial charge in [-0.05, 0) is 55.9 Å². The van der Waals surface area contributed by atoms with E-state index in [0.29, 0.717) is 22.0 Å². The molecule has 20 heavy (non-hydrogen) atoms. The van der Waals surface area contributed by atoms with Crippen molar-refractivity contribution in [1.82, 2.24) is 4.90 Å². The number of piperidine rings is 2. The summed E-state index contributed by atoms with van der Waals surface area (Å²) >= 11 is 4.43. The second-order valence-corrected chi connectivity index (χ2v) is 10.4. The summed E-state index contributed by atoms with van der Waals surface area (Å²) in [5.74, 6) is 3.67. The van der Waals surface area contributed by atoms with Gasteiger partial charge in [0.2, 0.25) is 0 Å². The van der Waals surface area contributed by atoms with E-state index in [4.69, 9.17) is 0 Å². The molecule has 4 saturated heterocycles. The molecule has 0 aliphatic carbocycles. The van der Waals surface area contributed by atoms with Gasteiger partial charge >= 0.3 is 0 Å². The summed E-state index contributed by atoms with van der Waals surface area (Å²) in [5.41, 5.74) is 0. The Morgan fingerprint density at radius 1 is 1.15 bits per heavy atom. The van der Waals surface area contributed by atoms with Crippen molar-refractivity contribution in [2.45, 2.75) is 67.7 Å². The molecule has 4 heteroatoms. The number of hydrogen-bond acceptors (Lipinski definition) is 4. The summed E-state index contributed by atoms with van der Waals surface area (Å²) in [6, 6.07) is 2.09. The zero-order valence-corrected chi connectivity index (χ0v) is 13.9. The van der Waals surface area contributed by atoms with Crippen LogP contribution in [0.2, 0.25) is 0 Å². The van der Waals surface area contributed by atoms with Crippen LogP contribution >= 0.6 is 23.5 Å². The van der Waals surface area contributed by atoms with E-state index >= 15 is 0 Å². The average molecular weight is 312 g/mol. The van der Waals surface area contributed by atoms with Crippen molar-refractivity contribution in [2.24, 2.45) is 11.8 Å². The molecule has 0 saturated carbocycles. The van der Waals surface area contributed by atoms with Gasteiger partial charge in [0.25, 0.3) is 0 Å². The summed E-state index contributed by atoms with van der Waals surface area (Å²) < 4.78 is 0.445. The molecule has 0 amide bonds. The topological polar surface area (TPSA) is 20.3 Å². The monoisotopic (exact) mass is 311 g/mol. The van der Waals surface area contributed by atoms with Crippen LogP contribution in [0.15, 0.2) is 0 Å². The Hall–Kier alpha value is 0.330. The molecule has 0 aromatic rings. The summed E-state index contributed by atoms with van der Waals surface area (Å²) in [6.07, 6.45) is 9.16. The lowest BCUT2D eigenvalue weighted by atomic mass is 9.76. The number of hydrogen-bond donors (Lipinski definition) is 0. The third-order valence-electron chi connectivity index (χ3n) is 6.04. The van der Waals surface area contributed by atoms with Crippen molar-refractivity contribution in [3.8, 4) is 0 Å². The van der Waals surface area contributed by atoms with E-state index < -0.39 is 0 Å². The van der Waals surface area contributed by atoms with Crippen molar-refractivity contribution in [2.75, 3.05) is 11.5 Å². The van der Waals surface area contributed by atoms with Crippen LogP contribution in [0.5, 0.6) is 0 Å². The SMILES string of the molecule is C[C@H]1C[C@H](C=O)[C@H]2CC3(C[C@H]4CC[C@H]1N42)SCCCS3. The number of nitrogens with zero attached hydrogens (tertiary/aromatic N) is 1. The predicted molar refractivity (Wildman–Crippen MR) is 87.3 cm³/mol. The second-order valence-electron chi connectivity index (χ2n) is 7.20. The maximum absolute atomic E-state index is 11.6. The molecule has 4 fully saturated rings. The third-order valence-corrected chi connectivity index (χ3v) is 9.45. The Kier molecular flexibility index (Phi) is 3.63. The standard InChI is InChI=1S/C16H25NOS2/c1-11-7-12(10-18)15-9-16(19-5-2-6-20-16)8-13-3-4-14(11)17(13)15/h10-15H,2-9H2,1H3/t11-,12+,13+,14+,15+/m0/s1. The largest absolute Gasteiger partial charge is 0.303 e. The molecule has 2 nitrogen and oxygen atoms in total. The van der Waals surface area contributed by atoms with Gasteiger partial charge in [-0.25, -0.2) is 0 Å². The first kappa shape index (κ1) is 14.0. The molecular weight excluding hydrogens is 286 g/mol. The Morgan fingerprint density at radius 3 is 2.70 bits per heavy atom. The Labute approximate surface area is 130 Å². The Morgan fingerprint density at radius 2 is 1.95 bits per heavy atom. The third kappa shape index (κ3) is 2.09. The highest BCUT2D eigenvalue weighted by molar-refractivity contribution is 8.18. The highest BCUT2D eigenvalue weighted by atomic mass is 32.2. The zero-order chi connectivity index (χ0) is 13.7. The Bertz CT molecular complexity index is 396. The summed E-state index contributed by atoms with van der Waals surface area (Å²) in [4.78, 5) is 14.4. The number of carbonyl (C=O) groups excluding carboxylic acids is 1. The molecule has 4 heterocycles. The second kappa shape index (κ2) is 5.20. The van der Waals surface area contributed by atoms with Gasteiger partial charge in [0.05, 0.1) is 4.08 Å². The van der Waals surface area contributed by atoms with Gasteiger partial charge < -0.3 is 4.79 Å². The van der Waals surface area contributed by atoms with E-state index in [1.807, 2.05) is 0 Å². The molecular formula is C16H25NOS2. The van der Waals surface area contributed by atoms with Crippen molar-refractivity contribution in [3.05, 3.63) is 0 Å². The molecule has 0 bridgehead atoms. The van der Waals surface area contributed by atoms with Crippen molar-refractivity contribution >= 4 is 29.8 Å². The van der Waals surface area contributed by atoms with E-state index in [1.54, 1.807) is 0 Å². The first-order valence-electron chi connectivity index (χ1n) is 8.23. The molecule has 0 N–H and O–H groups in total. The van der Waals surface area contributed by atoms with Gasteiger partial charge in [-0.3, -0.25) is 4.90 Å². The molecule has 4 rings (SSSR count). The minimum absolute atomic E-state index is 0.294. The van der Waals surface area contributed by atoms with E-state index in [0.717, 1.165) is 18.5 Å². The van der Waals surface area contributed by atoms with Crippen molar-refractivity contribution in [3.63, 3.8) is 0 Å². The van der Waals surface area contributed by atoms with Crippen LogP contribution in [-0.2, 0) is 4.79 Å². The summed E-state index contributed by atoms with van der Waals surface area (Å²) in [6.45, 7) is 2.37. The molecule has 4 aliphatic heterocycles. The lowest BCUT2D eigenvalue weighted by Crippen LogP contribution is -2.61. The van der Waals surface area contributed by atoms with Crippen LogP contribution in [0, 0.1) is 11.8 Å². The lowest BCUT2D eigenvalue weighted by molar-refractivity contribution is -0.118. The zero-order valence-electron chi connectivity index (χ0n) is 12.3. The molecule has 0 radical (unpaired) electrons. The molecule has 0 aromatic carbocycles. The number of thioether (sulfide) groups is 2. The number of rotatable bonds is 1. The molecule has 5 atom stereocenters. The van der Waals surface area contributed by atoms with Gasteiger partial charge in [-0.2, -0.15) is 0 Å². The number of aldehydes is 1. The maximum Gasteiger partial charge on any atom is 0.124 e. The van der Waals surface area contributed by atoms with Gasteiger partial charge in [0.15, 0.2) is 0 Å². The van der Waals surface area contributed by atoms with Gasteiger partial charge in [-0.1, -0.05) is 6.92 Å². The van der Waals surface area contributed by atoms with Gasteiger partial charge in [-0.15, -0.1) is 23.5 Å². The van der Waals surface area contributed by atoms with Crippen LogP contribution in [0.3, 0.4) is 0 Å². The van der Waals surface area contributed by atoms with Crippen LogP contribution in [0.4, 0.5) is 0 Å². The minimum Gasteiger partial charge on any atom is -0.303 e. The fraction of sp³-hybridized carbons (Fsp3) is 0.938. The number of carbonyl (C=O) groups is 1. The van der Waals surface area contributed by atoms with E-state index in [-0.39, 0.29) is 0 Å². The van der Waals surface area contributed by atoms with Crippen LogP contribution in [0.25, 0.3) is 0 Å². The van der Waals surface area contributed by atoms with Gasteiger partial charge in [0.1, 0.15) is 6.29 Å². The van der Waals surface area contributed by atoms with E-state index in [9.17, 15) is 4.79 Å². The first-order valence-corrected chi connectivity index (χ1v) is 10.2. The summed E-state index contributed by atoms with van der Waals surface area (Å²) in [5, 5.41) is 0. The fourth-order valence-corrected chi connectivity index (χ4v) is 8.75. The quantitative estimate of drug-likeness (QED) is 0.691. The molecule has 1 spiro atoms. The first-order chi connectivity index (χ1) is 9.72. The maximum atomic E-state index is 11.6. The van der Waals surface area contributed by atoms with Crippen LogP contribution in [-0.4, -0.2) is 44.9 Å². The minimum atomic E-state index is 0.294. The fourth-order valence-electron chi connectivity index (χ4n) is 5.22. The summed E-state index contributed by atoms with van der Waals surface area (Å²) in [7, 11) is 0. The highest BCUT2D eigenvalue weighted by Gasteiger charge is 2.55. The molecule has 4 aliphatic rings. The predicted octanol–water partition coefficient (Wildman–Crippen LogP) is 3.40. The van der Waals surface area contributed by atoms with E-state index in [1.165, 1.54) is 49.9 Å². The smallest absolute Gasteiger partial charge is 0.124 e. The van der Waals surface area contributed by atoms with E-state index in [2.05, 4.69) is 35.3 Å². The normalized spacial score (nSPS) is 47.1. The molecule has 112 valence electrons. The average Bonchev–Trinajstić information content (AvgIpc) is 2.88. The Balaban J connectivity index is 1.64. The van der Waals surface area contributed by atoms with Crippen LogP contribution < -0.4 is 0 Å². The van der Waals surface area contributed by atoms with Crippen LogP contribution in [0.1, 0.15) is 45.4 Å². The van der Waals surface area contributed by atoms with Crippen molar-refractivity contribution < 1.29 is 4.79 Å². The van der Waals surface area contributed by atoms with Gasteiger partial charge in [0, 0.05) is 24.0 Å². The highest BCUT2D eigenvalue weighted by Crippen LogP contribution is 2.57. The van der Waals surface area contributed by atoms with Crippen molar-refractivity contribution in [1.29, 1.82) is 0 Å². The lowest BCUT2D eigenvalue weighted by Gasteiger charge is -2.55. The molecule has 0 unspecified atom stereocenters. The molecule has 0 aromatic heterocycles.